The number of pyridine rings is 1. The average molecular weight is 299 g/mol. The molecule has 1 aliphatic rings. The number of amides is 1. The van der Waals surface area contributed by atoms with Gasteiger partial charge in [-0.1, -0.05) is 0 Å². The van der Waals surface area contributed by atoms with Crippen molar-refractivity contribution in [2.24, 2.45) is 0 Å². The van der Waals surface area contributed by atoms with Gasteiger partial charge in [-0.3, -0.25) is 9.78 Å². The summed E-state index contributed by atoms with van der Waals surface area (Å²) < 4.78 is 5.21. The van der Waals surface area contributed by atoms with E-state index in [1.807, 2.05) is 31.2 Å². The number of ether oxygens (including phenoxy) is 1. The summed E-state index contributed by atoms with van der Waals surface area (Å²) >= 11 is 0. The highest BCUT2D eigenvalue weighted by Gasteiger charge is 2.17. The van der Waals surface area contributed by atoms with E-state index in [1.165, 1.54) is 6.42 Å². The second-order valence-electron chi connectivity index (χ2n) is 5.68. The van der Waals surface area contributed by atoms with Crippen LogP contribution >= 0.6 is 0 Å². The first kappa shape index (κ1) is 14.8. The zero-order valence-corrected chi connectivity index (χ0v) is 13.0. The van der Waals surface area contributed by atoms with Crippen molar-refractivity contribution in [2.75, 3.05) is 20.2 Å². The third-order valence-corrected chi connectivity index (χ3v) is 4.13. The van der Waals surface area contributed by atoms with Crippen LogP contribution in [0, 0.1) is 6.92 Å². The largest absolute Gasteiger partial charge is 0.497 e. The fraction of sp³-hybridized carbons (Fsp3) is 0.412. The highest BCUT2D eigenvalue weighted by atomic mass is 16.5. The van der Waals surface area contributed by atoms with E-state index in [0.29, 0.717) is 18.2 Å². The standard InChI is InChI=1S/C17H21N3O2/c1-11-15(17(21)19-10-13-4-3-7-18-13)8-12-5-6-14(22-2)9-16(12)20-11/h5-6,8-9,13,18H,3-4,7,10H2,1-2H3,(H,19,21)/t13-/m0/s1. The van der Waals surface area contributed by atoms with Crippen molar-refractivity contribution in [1.82, 2.24) is 15.6 Å². The van der Waals surface area contributed by atoms with E-state index in [9.17, 15) is 4.79 Å². The molecule has 2 N–H and O–H groups in total. The van der Waals surface area contributed by atoms with Gasteiger partial charge in [-0.05, 0) is 44.5 Å². The predicted octanol–water partition coefficient (Wildman–Crippen LogP) is 2.03. The number of carbonyl (C=O) groups is 1. The van der Waals surface area contributed by atoms with Crippen molar-refractivity contribution in [1.29, 1.82) is 0 Å². The lowest BCUT2D eigenvalue weighted by atomic mass is 10.1. The SMILES string of the molecule is COc1ccc2cc(C(=O)NC[C@@H]3CCCN3)c(C)nc2c1. The second kappa shape index (κ2) is 6.32. The summed E-state index contributed by atoms with van der Waals surface area (Å²) in [6.07, 6.45) is 2.30. The Morgan fingerprint density at radius 1 is 1.45 bits per heavy atom. The molecular weight excluding hydrogens is 278 g/mol. The van der Waals surface area contributed by atoms with Crippen molar-refractivity contribution in [3.63, 3.8) is 0 Å². The van der Waals surface area contributed by atoms with Crippen LogP contribution < -0.4 is 15.4 Å². The molecule has 0 unspecified atom stereocenters. The van der Waals surface area contributed by atoms with Gasteiger partial charge < -0.3 is 15.4 Å². The van der Waals surface area contributed by atoms with Gasteiger partial charge in [-0.15, -0.1) is 0 Å². The molecule has 1 fully saturated rings. The molecule has 1 atom stereocenters. The summed E-state index contributed by atoms with van der Waals surface area (Å²) in [5, 5.41) is 7.32. The molecule has 22 heavy (non-hydrogen) atoms. The normalized spacial score (nSPS) is 17.6. The fourth-order valence-corrected chi connectivity index (χ4v) is 2.84. The number of methoxy groups -OCH3 is 1. The first-order chi connectivity index (χ1) is 10.7. The van der Waals surface area contributed by atoms with Crippen molar-refractivity contribution in [3.8, 4) is 5.75 Å². The minimum absolute atomic E-state index is 0.0589. The van der Waals surface area contributed by atoms with E-state index in [2.05, 4.69) is 15.6 Å². The first-order valence-electron chi connectivity index (χ1n) is 7.64. The number of fused-ring (bicyclic) bond motifs is 1. The Bertz CT molecular complexity index is 694. The Morgan fingerprint density at radius 3 is 3.05 bits per heavy atom. The maximum atomic E-state index is 12.4. The summed E-state index contributed by atoms with van der Waals surface area (Å²) in [7, 11) is 1.63. The lowest BCUT2D eigenvalue weighted by Crippen LogP contribution is -2.37. The Labute approximate surface area is 130 Å². The zero-order valence-electron chi connectivity index (χ0n) is 13.0. The van der Waals surface area contributed by atoms with Gasteiger partial charge in [0.15, 0.2) is 0 Å². The average Bonchev–Trinajstić information content (AvgIpc) is 3.04. The molecule has 0 saturated carbocycles. The Morgan fingerprint density at radius 2 is 2.32 bits per heavy atom. The van der Waals surface area contributed by atoms with Gasteiger partial charge in [-0.2, -0.15) is 0 Å². The smallest absolute Gasteiger partial charge is 0.253 e. The molecule has 1 saturated heterocycles. The molecule has 0 bridgehead atoms. The quantitative estimate of drug-likeness (QED) is 0.907. The Kier molecular flexibility index (Phi) is 4.24. The Balaban J connectivity index is 1.80. The number of nitrogens with zero attached hydrogens (tertiary/aromatic N) is 1. The highest BCUT2D eigenvalue weighted by Crippen LogP contribution is 2.21. The Hall–Kier alpha value is -2.14. The molecule has 1 amide bonds. The van der Waals surface area contributed by atoms with Crippen LogP contribution in [0.4, 0.5) is 0 Å². The van der Waals surface area contributed by atoms with E-state index < -0.39 is 0 Å². The van der Waals surface area contributed by atoms with Crippen molar-refractivity contribution >= 4 is 16.8 Å². The molecule has 0 radical (unpaired) electrons. The van der Waals surface area contributed by atoms with Crippen LogP contribution in [0.5, 0.6) is 5.75 Å². The number of benzene rings is 1. The van der Waals surface area contributed by atoms with Gasteiger partial charge in [-0.25, -0.2) is 0 Å². The van der Waals surface area contributed by atoms with Gasteiger partial charge in [0.25, 0.3) is 5.91 Å². The molecule has 1 aliphatic heterocycles. The van der Waals surface area contributed by atoms with Crippen LogP contribution in [0.2, 0.25) is 0 Å². The summed E-state index contributed by atoms with van der Waals surface area (Å²) in [5.41, 5.74) is 2.21. The van der Waals surface area contributed by atoms with E-state index in [1.54, 1.807) is 7.11 Å². The summed E-state index contributed by atoms with van der Waals surface area (Å²) in [6.45, 7) is 3.57. The van der Waals surface area contributed by atoms with Crippen LogP contribution in [0.3, 0.4) is 0 Å². The van der Waals surface area contributed by atoms with Gasteiger partial charge in [0.1, 0.15) is 5.75 Å². The highest BCUT2D eigenvalue weighted by molar-refractivity contribution is 5.98. The number of carbonyl (C=O) groups excluding carboxylic acids is 1. The van der Waals surface area contributed by atoms with Crippen molar-refractivity contribution < 1.29 is 9.53 Å². The first-order valence-corrected chi connectivity index (χ1v) is 7.64. The molecule has 116 valence electrons. The number of hydrogen-bond donors (Lipinski definition) is 2. The molecule has 0 spiro atoms. The maximum Gasteiger partial charge on any atom is 0.253 e. The monoisotopic (exact) mass is 299 g/mol. The minimum atomic E-state index is -0.0589. The van der Waals surface area contributed by atoms with Gasteiger partial charge in [0.2, 0.25) is 0 Å². The lowest BCUT2D eigenvalue weighted by Gasteiger charge is -2.13. The summed E-state index contributed by atoms with van der Waals surface area (Å²) in [6, 6.07) is 7.97. The van der Waals surface area contributed by atoms with E-state index >= 15 is 0 Å². The molecule has 1 aromatic carbocycles. The molecular formula is C17H21N3O2. The number of rotatable bonds is 4. The molecule has 1 aromatic heterocycles. The molecule has 0 aliphatic carbocycles. The molecule has 5 heteroatoms. The molecule has 2 aromatic rings. The number of nitrogens with one attached hydrogen (secondary N) is 2. The van der Waals surface area contributed by atoms with Crippen LogP contribution in [0.25, 0.3) is 10.9 Å². The summed E-state index contributed by atoms with van der Waals surface area (Å²) in [5.74, 6) is 0.709. The van der Waals surface area contributed by atoms with Crippen LogP contribution in [0.1, 0.15) is 28.9 Å². The fourth-order valence-electron chi connectivity index (χ4n) is 2.84. The third-order valence-electron chi connectivity index (χ3n) is 4.13. The second-order valence-corrected chi connectivity index (χ2v) is 5.68. The predicted molar refractivity (Wildman–Crippen MR) is 86.4 cm³/mol. The number of aryl methyl sites for hydroxylation is 1. The third kappa shape index (κ3) is 3.04. The van der Waals surface area contributed by atoms with E-state index in [4.69, 9.17) is 4.74 Å². The van der Waals surface area contributed by atoms with Crippen molar-refractivity contribution in [2.45, 2.75) is 25.8 Å². The molecule has 5 nitrogen and oxygen atoms in total. The van der Waals surface area contributed by atoms with E-state index in [-0.39, 0.29) is 5.91 Å². The number of aromatic nitrogens is 1. The van der Waals surface area contributed by atoms with E-state index in [0.717, 1.165) is 35.3 Å². The number of hydrogen-bond acceptors (Lipinski definition) is 4. The summed E-state index contributed by atoms with van der Waals surface area (Å²) in [4.78, 5) is 16.9. The molecule has 2 heterocycles. The van der Waals surface area contributed by atoms with Gasteiger partial charge in [0.05, 0.1) is 23.9 Å². The van der Waals surface area contributed by atoms with Crippen LogP contribution in [-0.4, -0.2) is 37.1 Å². The van der Waals surface area contributed by atoms with Gasteiger partial charge >= 0.3 is 0 Å². The lowest BCUT2D eigenvalue weighted by molar-refractivity contribution is 0.0949. The topological polar surface area (TPSA) is 63.2 Å². The molecule has 3 rings (SSSR count). The minimum Gasteiger partial charge on any atom is -0.497 e. The van der Waals surface area contributed by atoms with Crippen molar-refractivity contribution in [3.05, 3.63) is 35.5 Å². The van der Waals surface area contributed by atoms with Gasteiger partial charge in [0, 0.05) is 24.0 Å². The van der Waals surface area contributed by atoms with Crippen LogP contribution in [-0.2, 0) is 0 Å². The van der Waals surface area contributed by atoms with Crippen LogP contribution in [0.15, 0.2) is 24.3 Å². The maximum absolute atomic E-state index is 12.4. The zero-order chi connectivity index (χ0) is 15.5.